The summed E-state index contributed by atoms with van der Waals surface area (Å²) in [5, 5.41) is 0.452. The number of hydrogen-bond acceptors (Lipinski definition) is 2. The maximum absolute atomic E-state index is 13.1. The Bertz CT molecular complexity index is 382. The van der Waals surface area contributed by atoms with Crippen molar-refractivity contribution in [3.63, 3.8) is 0 Å². The fourth-order valence-corrected chi connectivity index (χ4v) is 2.48. The Morgan fingerprint density at radius 1 is 1.39 bits per heavy atom. The molecule has 0 spiro atoms. The molecule has 0 aliphatic carbocycles. The lowest BCUT2D eigenvalue weighted by Gasteiger charge is -2.32. The number of nitrogens with zero attached hydrogens (tertiary/aromatic N) is 1. The van der Waals surface area contributed by atoms with E-state index in [9.17, 15) is 4.39 Å². The minimum absolute atomic E-state index is 0.0468. The van der Waals surface area contributed by atoms with Crippen LogP contribution in [0.1, 0.15) is 32.4 Å². The van der Waals surface area contributed by atoms with Gasteiger partial charge in [0, 0.05) is 24.2 Å². The van der Waals surface area contributed by atoms with Crippen LogP contribution < -0.4 is 5.73 Å². The summed E-state index contributed by atoms with van der Waals surface area (Å²) in [7, 11) is 0. The van der Waals surface area contributed by atoms with E-state index in [0.29, 0.717) is 17.5 Å². The maximum atomic E-state index is 13.1. The molecule has 0 aromatic heterocycles. The molecule has 0 saturated carbocycles. The zero-order chi connectivity index (χ0) is 13.7. The molecule has 4 heteroatoms. The topological polar surface area (TPSA) is 29.3 Å². The van der Waals surface area contributed by atoms with Crippen molar-refractivity contribution in [2.75, 3.05) is 19.6 Å². The first-order valence-electron chi connectivity index (χ1n) is 6.38. The van der Waals surface area contributed by atoms with Gasteiger partial charge in [-0.15, -0.1) is 0 Å². The molecule has 0 aliphatic rings. The number of nitrogens with two attached hydrogens (primary N) is 1. The lowest BCUT2D eigenvalue weighted by atomic mass is 10.0. The highest BCUT2D eigenvalue weighted by Crippen LogP contribution is 2.28. The molecule has 0 amide bonds. The molecule has 0 heterocycles. The lowest BCUT2D eigenvalue weighted by Crippen LogP contribution is -2.36. The van der Waals surface area contributed by atoms with E-state index in [-0.39, 0.29) is 11.9 Å². The minimum atomic E-state index is -0.313. The average Bonchev–Trinajstić information content (AvgIpc) is 2.30. The zero-order valence-corrected chi connectivity index (χ0v) is 12.0. The largest absolute Gasteiger partial charge is 0.329 e. The van der Waals surface area contributed by atoms with Gasteiger partial charge in [-0.1, -0.05) is 38.4 Å². The van der Waals surface area contributed by atoms with Crippen LogP contribution in [0.25, 0.3) is 0 Å². The van der Waals surface area contributed by atoms with Crippen molar-refractivity contribution in [3.05, 3.63) is 34.6 Å². The predicted octanol–water partition coefficient (Wildman–Crippen LogP) is 3.46. The first-order chi connectivity index (χ1) is 8.49. The Morgan fingerprint density at radius 3 is 2.50 bits per heavy atom. The highest BCUT2D eigenvalue weighted by molar-refractivity contribution is 6.31. The molecule has 1 aromatic carbocycles. The normalized spacial score (nSPS) is 13.3. The summed E-state index contributed by atoms with van der Waals surface area (Å²) in [5.41, 5.74) is 6.78. The fraction of sp³-hybridized carbons (Fsp3) is 0.571. The van der Waals surface area contributed by atoms with Crippen LogP contribution in [0.3, 0.4) is 0 Å². The number of hydrogen-bond donors (Lipinski definition) is 1. The first-order valence-corrected chi connectivity index (χ1v) is 6.76. The van der Waals surface area contributed by atoms with Crippen LogP contribution in [-0.4, -0.2) is 24.5 Å². The standard InChI is InChI=1S/C14H22ClFN2/c1-4-18(9-10(2)3)14(8-17)12-6-5-11(16)7-13(12)15/h5-7,10,14H,4,8-9,17H2,1-3H3. The first kappa shape index (κ1) is 15.4. The van der Waals surface area contributed by atoms with Gasteiger partial charge < -0.3 is 5.73 Å². The van der Waals surface area contributed by atoms with Crippen molar-refractivity contribution in [2.24, 2.45) is 11.7 Å². The summed E-state index contributed by atoms with van der Waals surface area (Å²) >= 11 is 6.12. The Balaban J connectivity index is 2.99. The second-order valence-electron chi connectivity index (χ2n) is 4.90. The predicted molar refractivity (Wildman–Crippen MR) is 75.3 cm³/mol. The summed E-state index contributed by atoms with van der Waals surface area (Å²) in [4.78, 5) is 2.28. The Kier molecular flexibility index (Phi) is 6.06. The molecule has 0 fully saturated rings. The summed E-state index contributed by atoms with van der Waals surface area (Å²) in [5.74, 6) is 0.240. The van der Waals surface area contributed by atoms with Crippen molar-refractivity contribution < 1.29 is 4.39 Å². The molecule has 1 rings (SSSR count). The van der Waals surface area contributed by atoms with E-state index in [1.807, 2.05) is 0 Å². The third-order valence-corrected chi connectivity index (χ3v) is 3.32. The number of likely N-dealkylation sites (N-methyl/N-ethyl adjacent to an activating group) is 1. The van der Waals surface area contributed by atoms with Crippen molar-refractivity contribution in [1.29, 1.82) is 0 Å². The molecule has 1 unspecified atom stereocenters. The summed E-state index contributed by atoms with van der Waals surface area (Å²) in [6, 6.07) is 4.57. The van der Waals surface area contributed by atoms with Crippen LogP contribution >= 0.6 is 11.6 Å². The summed E-state index contributed by atoms with van der Waals surface area (Å²) in [6.07, 6.45) is 0. The van der Waals surface area contributed by atoms with E-state index in [4.69, 9.17) is 17.3 Å². The number of rotatable bonds is 6. The molecule has 0 saturated heterocycles. The Labute approximate surface area is 114 Å². The maximum Gasteiger partial charge on any atom is 0.124 e. The van der Waals surface area contributed by atoms with Gasteiger partial charge in [0.1, 0.15) is 5.82 Å². The summed E-state index contributed by atoms with van der Waals surface area (Å²) < 4.78 is 13.1. The van der Waals surface area contributed by atoms with Crippen molar-refractivity contribution in [3.8, 4) is 0 Å². The fourth-order valence-electron chi connectivity index (χ4n) is 2.19. The lowest BCUT2D eigenvalue weighted by molar-refractivity contribution is 0.189. The van der Waals surface area contributed by atoms with Crippen LogP contribution in [0.5, 0.6) is 0 Å². The molecule has 102 valence electrons. The van der Waals surface area contributed by atoms with E-state index in [0.717, 1.165) is 18.7 Å². The molecule has 2 nitrogen and oxygen atoms in total. The van der Waals surface area contributed by atoms with Gasteiger partial charge in [0.25, 0.3) is 0 Å². The third kappa shape index (κ3) is 3.94. The third-order valence-electron chi connectivity index (χ3n) is 2.99. The molecule has 2 N–H and O–H groups in total. The quantitative estimate of drug-likeness (QED) is 0.859. The minimum Gasteiger partial charge on any atom is -0.329 e. The van der Waals surface area contributed by atoms with E-state index < -0.39 is 0 Å². The smallest absolute Gasteiger partial charge is 0.124 e. The second kappa shape index (κ2) is 7.07. The van der Waals surface area contributed by atoms with Gasteiger partial charge in [-0.25, -0.2) is 4.39 Å². The average molecular weight is 273 g/mol. The van der Waals surface area contributed by atoms with Gasteiger partial charge >= 0.3 is 0 Å². The van der Waals surface area contributed by atoms with Gasteiger partial charge in [0.2, 0.25) is 0 Å². The van der Waals surface area contributed by atoms with E-state index in [1.54, 1.807) is 6.07 Å². The molecule has 0 radical (unpaired) electrons. The highest BCUT2D eigenvalue weighted by atomic mass is 35.5. The molecule has 0 bridgehead atoms. The van der Waals surface area contributed by atoms with Gasteiger partial charge in [-0.05, 0) is 30.2 Å². The van der Waals surface area contributed by atoms with Crippen LogP contribution in [0.15, 0.2) is 18.2 Å². The second-order valence-corrected chi connectivity index (χ2v) is 5.31. The van der Waals surface area contributed by atoms with Crippen molar-refractivity contribution in [2.45, 2.75) is 26.8 Å². The van der Waals surface area contributed by atoms with E-state index >= 15 is 0 Å². The SMILES string of the molecule is CCN(CC(C)C)C(CN)c1ccc(F)cc1Cl. The molecule has 0 aliphatic heterocycles. The molecule has 1 aromatic rings. The van der Waals surface area contributed by atoms with Gasteiger partial charge in [0.15, 0.2) is 0 Å². The van der Waals surface area contributed by atoms with Crippen LogP contribution in [0.4, 0.5) is 4.39 Å². The van der Waals surface area contributed by atoms with Gasteiger partial charge in [-0.3, -0.25) is 4.90 Å². The molecule has 18 heavy (non-hydrogen) atoms. The number of halogens is 2. The van der Waals surface area contributed by atoms with Crippen molar-refractivity contribution >= 4 is 11.6 Å². The van der Waals surface area contributed by atoms with Crippen LogP contribution in [-0.2, 0) is 0 Å². The van der Waals surface area contributed by atoms with E-state index in [2.05, 4.69) is 25.7 Å². The monoisotopic (exact) mass is 272 g/mol. The summed E-state index contributed by atoms with van der Waals surface area (Å²) in [6.45, 7) is 8.76. The number of benzene rings is 1. The van der Waals surface area contributed by atoms with E-state index in [1.165, 1.54) is 12.1 Å². The molecular weight excluding hydrogens is 251 g/mol. The Hall–Kier alpha value is -0.640. The van der Waals surface area contributed by atoms with Crippen LogP contribution in [0.2, 0.25) is 5.02 Å². The zero-order valence-electron chi connectivity index (χ0n) is 11.3. The van der Waals surface area contributed by atoms with Gasteiger partial charge in [-0.2, -0.15) is 0 Å². The highest BCUT2D eigenvalue weighted by Gasteiger charge is 2.20. The van der Waals surface area contributed by atoms with Gasteiger partial charge in [0.05, 0.1) is 0 Å². The van der Waals surface area contributed by atoms with Crippen molar-refractivity contribution in [1.82, 2.24) is 4.90 Å². The van der Waals surface area contributed by atoms with Crippen LogP contribution in [0, 0.1) is 11.7 Å². The molecular formula is C14H22ClFN2. The Morgan fingerprint density at radius 2 is 2.06 bits per heavy atom. The molecule has 1 atom stereocenters.